The third kappa shape index (κ3) is 3.93. The summed E-state index contributed by atoms with van der Waals surface area (Å²) in [7, 11) is 0.892. The average molecular weight is 337 g/mol. The molecule has 0 radical (unpaired) electrons. The number of aryl methyl sites for hydroxylation is 1. The lowest BCUT2D eigenvalue weighted by Gasteiger charge is -2.22. The molecule has 5 nitrogen and oxygen atoms in total. The molecule has 1 aliphatic rings. The van der Waals surface area contributed by atoms with Gasteiger partial charge in [-0.3, -0.25) is 0 Å². The van der Waals surface area contributed by atoms with Crippen molar-refractivity contribution in [3.05, 3.63) is 29.1 Å². The third-order valence-electron chi connectivity index (χ3n) is 3.16. The average Bonchev–Trinajstić information content (AvgIpc) is 2.41. The zero-order chi connectivity index (χ0) is 15.6. The second-order valence-corrected chi connectivity index (χ2v) is 7.29. The number of carbonyl (C=O) groups excluding carboxylic acids is 1. The van der Waals surface area contributed by atoms with Crippen LogP contribution in [0.3, 0.4) is 0 Å². The van der Waals surface area contributed by atoms with Gasteiger partial charge in [-0.2, -0.15) is 0 Å². The molecule has 0 saturated carbocycles. The van der Waals surface area contributed by atoms with Gasteiger partial charge in [-0.15, -0.1) is 0 Å². The van der Waals surface area contributed by atoms with Gasteiger partial charge in [0.2, 0.25) is 0 Å². The fourth-order valence-corrected chi connectivity index (χ4v) is 3.03. The highest BCUT2D eigenvalue weighted by Gasteiger charge is 2.24. The number of ether oxygens (including phenoxy) is 2. The fourth-order valence-electron chi connectivity index (χ4n) is 2.05. The Morgan fingerprint density at radius 2 is 2.00 bits per heavy atom. The van der Waals surface area contributed by atoms with Crippen molar-refractivity contribution in [2.24, 2.45) is 0 Å². The second-order valence-electron chi connectivity index (χ2n) is 4.76. The normalized spacial score (nSPS) is 16.7. The Morgan fingerprint density at radius 1 is 1.38 bits per heavy atom. The Hall–Kier alpha value is -1.18. The molecule has 1 aromatic carbocycles. The van der Waals surface area contributed by atoms with Crippen LogP contribution in [0.4, 0.5) is 4.39 Å². The summed E-state index contributed by atoms with van der Waals surface area (Å²) in [5, 5.41) is 0. The number of hydrogen-bond acceptors (Lipinski definition) is 5. The summed E-state index contributed by atoms with van der Waals surface area (Å²) in [5.74, 6) is -1.67. The first kappa shape index (κ1) is 16.2. The van der Waals surface area contributed by atoms with Gasteiger partial charge in [0.1, 0.15) is 16.8 Å². The summed E-state index contributed by atoms with van der Waals surface area (Å²) < 4.78 is 46.8. The molecule has 2 rings (SSSR count). The van der Waals surface area contributed by atoms with Crippen molar-refractivity contribution >= 4 is 25.7 Å². The first-order chi connectivity index (χ1) is 9.79. The number of rotatable bonds is 3. The topological polar surface area (TPSA) is 69.7 Å². The van der Waals surface area contributed by atoms with E-state index >= 15 is 0 Å². The molecule has 0 amide bonds. The molecular weight excluding hydrogens is 323 g/mol. The molecule has 0 unspecified atom stereocenters. The predicted molar refractivity (Wildman–Crippen MR) is 73.4 cm³/mol. The van der Waals surface area contributed by atoms with Gasteiger partial charge in [0.25, 0.3) is 9.05 Å². The van der Waals surface area contributed by atoms with Gasteiger partial charge in [-0.25, -0.2) is 17.6 Å². The van der Waals surface area contributed by atoms with Gasteiger partial charge < -0.3 is 9.47 Å². The summed E-state index contributed by atoms with van der Waals surface area (Å²) in [5.41, 5.74) is -0.0322. The molecule has 0 bridgehead atoms. The van der Waals surface area contributed by atoms with E-state index in [4.69, 9.17) is 20.2 Å². The van der Waals surface area contributed by atoms with Crippen molar-refractivity contribution in [2.75, 3.05) is 13.2 Å². The fraction of sp³-hybridized carbons (Fsp3) is 0.462. The summed E-state index contributed by atoms with van der Waals surface area (Å²) >= 11 is 0. The summed E-state index contributed by atoms with van der Waals surface area (Å²) in [4.78, 5) is 11.3. The maximum absolute atomic E-state index is 13.8. The van der Waals surface area contributed by atoms with E-state index in [0.717, 1.165) is 6.07 Å². The van der Waals surface area contributed by atoms with Gasteiger partial charge in [-0.1, -0.05) is 0 Å². The van der Waals surface area contributed by atoms with E-state index in [1.54, 1.807) is 0 Å². The Labute approximate surface area is 126 Å². The quantitative estimate of drug-likeness (QED) is 0.626. The van der Waals surface area contributed by atoms with Crippen LogP contribution in [0.2, 0.25) is 0 Å². The molecule has 1 heterocycles. The lowest BCUT2D eigenvalue weighted by molar-refractivity contribution is -0.0159. The van der Waals surface area contributed by atoms with E-state index in [9.17, 15) is 17.6 Å². The van der Waals surface area contributed by atoms with Crippen LogP contribution in [0.5, 0.6) is 0 Å². The van der Waals surface area contributed by atoms with Crippen LogP contribution >= 0.6 is 10.7 Å². The van der Waals surface area contributed by atoms with E-state index in [1.807, 2.05) is 0 Å². The second kappa shape index (κ2) is 6.29. The zero-order valence-corrected chi connectivity index (χ0v) is 12.8. The number of hydrogen-bond donors (Lipinski definition) is 0. The third-order valence-corrected chi connectivity index (χ3v) is 4.48. The van der Waals surface area contributed by atoms with Crippen LogP contribution in [0.15, 0.2) is 17.0 Å². The van der Waals surface area contributed by atoms with E-state index in [1.165, 1.54) is 13.0 Å². The SMILES string of the molecule is Cc1cc(C(=O)OC2CCOCC2)cc(S(=O)(=O)Cl)c1F. The number of benzene rings is 1. The van der Waals surface area contributed by atoms with Crippen molar-refractivity contribution in [2.45, 2.75) is 30.8 Å². The molecule has 21 heavy (non-hydrogen) atoms. The van der Waals surface area contributed by atoms with E-state index in [-0.39, 0.29) is 17.2 Å². The Morgan fingerprint density at radius 3 is 2.57 bits per heavy atom. The molecule has 0 spiro atoms. The Bertz CT molecular complexity index is 653. The first-order valence-corrected chi connectivity index (χ1v) is 8.63. The molecule has 0 atom stereocenters. The van der Waals surface area contributed by atoms with Crippen LogP contribution in [-0.4, -0.2) is 33.7 Å². The van der Waals surface area contributed by atoms with Gasteiger partial charge in [-0.05, 0) is 24.6 Å². The van der Waals surface area contributed by atoms with Gasteiger partial charge in [0.15, 0.2) is 0 Å². The van der Waals surface area contributed by atoms with Gasteiger partial charge in [0.05, 0.1) is 18.8 Å². The molecule has 0 N–H and O–H groups in total. The number of carbonyl (C=O) groups is 1. The largest absolute Gasteiger partial charge is 0.459 e. The van der Waals surface area contributed by atoms with Crippen LogP contribution in [0.1, 0.15) is 28.8 Å². The first-order valence-electron chi connectivity index (χ1n) is 6.32. The molecule has 0 aliphatic carbocycles. The van der Waals surface area contributed by atoms with Crippen molar-refractivity contribution in [1.82, 2.24) is 0 Å². The van der Waals surface area contributed by atoms with E-state index < -0.39 is 25.7 Å². The van der Waals surface area contributed by atoms with Crippen LogP contribution in [-0.2, 0) is 18.5 Å². The molecular formula is C13H14ClFO5S. The summed E-state index contributed by atoms with van der Waals surface area (Å²) in [6.07, 6.45) is 0.867. The minimum atomic E-state index is -4.28. The molecule has 1 saturated heterocycles. The Kier molecular flexibility index (Phi) is 4.85. The predicted octanol–water partition coefficient (Wildman–Crippen LogP) is 2.40. The Balaban J connectivity index is 2.27. The highest BCUT2D eigenvalue weighted by Crippen LogP contribution is 2.24. The minimum Gasteiger partial charge on any atom is -0.459 e. The van der Waals surface area contributed by atoms with Crippen LogP contribution in [0.25, 0.3) is 0 Å². The molecule has 1 fully saturated rings. The standard InChI is InChI=1S/C13H14ClFO5S/c1-8-6-9(7-11(12(8)15)21(14,17)18)13(16)20-10-2-4-19-5-3-10/h6-7,10H,2-5H2,1H3. The monoisotopic (exact) mass is 336 g/mol. The highest BCUT2D eigenvalue weighted by atomic mass is 35.7. The van der Waals surface area contributed by atoms with Crippen molar-refractivity contribution in [3.63, 3.8) is 0 Å². The van der Waals surface area contributed by atoms with Gasteiger partial charge >= 0.3 is 5.97 Å². The summed E-state index contributed by atoms with van der Waals surface area (Å²) in [6.45, 7) is 2.36. The number of esters is 1. The smallest absolute Gasteiger partial charge is 0.338 e. The summed E-state index contributed by atoms with van der Waals surface area (Å²) in [6, 6.07) is 2.13. The maximum atomic E-state index is 13.8. The minimum absolute atomic E-state index is 0.00986. The number of halogens is 2. The van der Waals surface area contributed by atoms with E-state index in [2.05, 4.69) is 0 Å². The van der Waals surface area contributed by atoms with Gasteiger partial charge in [0, 0.05) is 23.5 Å². The van der Waals surface area contributed by atoms with Crippen molar-refractivity contribution in [3.8, 4) is 0 Å². The molecule has 1 aromatic rings. The lowest BCUT2D eigenvalue weighted by atomic mass is 10.1. The lowest BCUT2D eigenvalue weighted by Crippen LogP contribution is -2.26. The van der Waals surface area contributed by atoms with E-state index in [0.29, 0.717) is 26.1 Å². The molecule has 1 aliphatic heterocycles. The molecule has 8 heteroatoms. The molecule has 0 aromatic heterocycles. The van der Waals surface area contributed by atoms with Crippen LogP contribution < -0.4 is 0 Å². The highest BCUT2D eigenvalue weighted by molar-refractivity contribution is 8.13. The van der Waals surface area contributed by atoms with Crippen molar-refractivity contribution < 1.29 is 27.1 Å². The maximum Gasteiger partial charge on any atom is 0.338 e. The zero-order valence-electron chi connectivity index (χ0n) is 11.3. The van der Waals surface area contributed by atoms with Crippen molar-refractivity contribution in [1.29, 1.82) is 0 Å². The van der Waals surface area contributed by atoms with Crippen LogP contribution in [0, 0.1) is 12.7 Å². The molecule has 116 valence electrons.